The minimum Gasteiger partial charge on any atom is -0.378 e. The minimum absolute atomic E-state index is 0.273. The van der Waals surface area contributed by atoms with Gasteiger partial charge in [0.15, 0.2) is 0 Å². The Kier molecular flexibility index (Phi) is 5.35. The van der Waals surface area contributed by atoms with E-state index >= 15 is 0 Å². The topological polar surface area (TPSA) is 70.2 Å². The van der Waals surface area contributed by atoms with E-state index in [4.69, 9.17) is 0 Å². The Balaban J connectivity index is 1.76. The molecule has 0 aliphatic rings. The third-order valence-corrected chi connectivity index (χ3v) is 4.04. The van der Waals surface area contributed by atoms with Crippen LogP contribution in [0.1, 0.15) is 21.7 Å². The smallest absolute Gasteiger partial charge is 0.274 e. The van der Waals surface area contributed by atoms with E-state index in [-0.39, 0.29) is 5.91 Å². The number of rotatable bonds is 5. The third kappa shape index (κ3) is 4.82. The molecule has 0 saturated carbocycles. The average molecular weight is 361 g/mol. The zero-order valence-corrected chi connectivity index (χ0v) is 15.9. The highest BCUT2D eigenvalue weighted by Gasteiger charge is 2.11. The van der Waals surface area contributed by atoms with E-state index in [0.29, 0.717) is 17.3 Å². The van der Waals surface area contributed by atoms with Crippen molar-refractivity contribution in [2.45, 2.75) is 13.8 Å². The first kappa shape index (κ1) is 18.4. The molecule has 2 N–H and O–H groups in total. The van der Waals surface area contributed by atoms with Gasteiger partial charge in [0.1, 0.15) is 5.69 Å². The van der Waals surface area contributed by atoms with E-state index in [0.717, 1.165) is 17.1 Å². The summed E-state index contributed by atoms with van der Waals surface area (Å²) in [5, 5.41) is 6.02. The molecule has 1 amide bonds. The van der Waals surface area contributed by atoms with Crippen molar-refractivity contribution < 1.29 is 4.79 Å². The highest BCUT2D eigenvalue weighted by Crippen LogP contribution is 2.18. The number of nitrogens with one attached hydrogen (secondary N) is 2. The summed E-state index contributed by atoms with van der Waals surface area (Å²) < 4.78 is 0. The SMILES string of the molecule is Cc1ccc(Nc2nc(C)cc(C(=O)Nc3ccc(N(C)C)cc3)n2)cc1. The molecule has 0 bridgehead atoms. The maximum absolute atomic E-state index is 12.6. The first-order valence-corrected chi connectivity index (χ1v) is 8.69. The zero-order valence-electron chi connectivity index (χ0n) is 15.9. The van der Waals surface area contributed by atoms with Gasteiger partial charge < -0.3 is 15.5 Å². The summed E-state index contributed by atoms with van der Waals surface area (Å²) in [6.07, 6.45) is 0. The number of amides is 1. The van der Waals surface area contributed by atoms with Crippen LogP contribution in [0.2, 0.25) is 0 Å². The number of carbonyl (C=O) groups excluding carboxylic acids is 1. The number of benzene rings is 2. The second-order valence-electron chi connectivity index (χ2n) is 6.60. The molecule has 0 aliphatic carbocycles. The first-order chi connectivity index (χ1) is 12.9. The van der Waals surface area contributed by atoms with Gasteiger partial charge >= 0.3 is 0 Å². The molecule has 1 aromatic heterocycles. The summed E-state index contributed by atoms with van der Waals surface area (Å²) in [5.41, 5.74) is 4.86. The molecule has 2 aromatic carbocycles. The van der Waals surface area contributed by atoms with Crippen molar-refractivity contribution >= 4 is 28.9 Å². The highest BCUT2D eigenvalue weighted by molar-refractivity contribution is 6.03. The Bertz CT molecular complexity index is 934. The van der Waals surface area contributed by atoms with Crippen LogP contribution in [0.4, 0.5) is 23.0 Å². The van der Waals surface area contributed by atoms with Crippen molar-refractivity contribution in [1.82, 2.24) is 9.97 Å². The summed E-state index contributed by atoms with van der Waals surface area (Å²) in [7, 11) is 3.94. The van der Waals surface area contributed by atoms with Crippen LogP contribution in [0.25, 0.3) is 0 Å². The number of aryl methyl sites for hydroxylation is 2. The molecule has 3 aromatic rings. The van der Waals surface area contributed by atoms with E-state index in [2.05, 4.69) is 20.6 Å². The van der Waals surface area contributed by atoms with Gasteiger partial charge in [0.05, 0.1) is 0 Å². The number of hydrogen-bond acceptors (Lipinski definition) is 5. The van der Waals surface area contributed by atoms with Crippen molar-refractivity contribution in [3.8, 4) is 0 Å². The van der Waals surface area contributed by atoms with E-state index in [9.17, 15) is 4.79 Å². The van der Waals surface area contributed by atoms with Gasteiger partial charge in [-0.3, -0.25) is 4.79 Å². The molecule has 0 spiro atoms. The largest absolute Gasteiger partial charge is 0.378 e. The van der Waals surface area contributed by atoms with Gasteiger partial charge in [0.25, 0.3) is 5.91 Å². The number of carbonyl (C=O) groups is 1. The standard InChI is InChI=1S/C21H23N5O/c1-14-5-7-17(8-6-14)24-21-22-15(2)13-19(25-21)20(27)23-16-9-11-18(12-10-16)26(3)4/h5-13H,1-4H3,(H,23,27)(H,22,24,25). The molecule has 6 nitrogen and oxygen atoms in total. The molecule has 138 valence electrons. The van der Waals surface area contributed by atoms with Crippen LogP contribution in [0.5, 0.6) is 0 Å². The van der Waals surface area contributed by atoms with Crippen molar-refractivity contribution in [2.24, 2.45) is 0 Å². The molecular weight excluding hydrogens is 338 g/mol. The second-order valence-corrected chi connectivity index (χ2v) is 6.60. The summed E-state index contributed by atoms with van der Waals surface area (Å²) in [6, 6.07) is 17.2. The second kappa shape index (κ2) is 7.86. The van der Waals surface area contributed by atoms with Gasteiger partial charge in [-0.1, -0.05) is 17.7 Å². The molecule has 1 heterocycles. The predicted octanol–water partition coefficient (Wildman–Crippen LogP) is 4.16. The number of anilines is 4. The quantitative estimate of drug-likeness (QED) is 0.714. The lowest BCUT2D eigenvalue weighted by Gasteiger charge is -2.13. The Morgan fingerprint density at radius 1 is 0.889 bits per heavy atom. The van der Waals surface area contributed by atoms with E-state index < -0.39 is 0 Å². The maximum Gasteiger partial charge on any atom is 0.274 e. The summed E-state index contributed by atoms with van der Waals surface area (Å²) >= 11 is 0. The van der Waals surface area contributed by atoms with Crippen molar-refractivity contribution in [2.75, 3.05) is 29.6 Å². The summed E-state index contributed by atoms with van der Waals surface area (Å²) in [6.45, 7) is 3.87. The van der Waals surface area contributed by atoms with Gasteiger partial charge in [-0.05, 0) is 56.3 Å². The van der Waals surface area contributed by atoms with Crippen molar-refractivity contribution in [3.63, 3.8) is 0 Å². The Labute approximate surface area is 159 Å². The Morgan fingerprint density at radius 2 is 1.52 bits per heavy atom. The molecule has 6 heteroatoms. The maximum atomic E-state index is 12.6. The lowest BCUT2D eigenvalue weighted by atomic mass is 10.2. The first-order valence-electron chi connectivity index (χ1n) is 8.69. The van der Waals surface area contributed by atoms with E-state index in [1.165, 1.54) is 5.56 Å². The fourth-order valence-electron chi connectivity index (χ4n) is 2.54. The molecule has 0 unspecified atom stereocenters. The third-order valence-electron chi connectivity index (χ3n) is 4.04. The van der Waals surface area contributed by atoms with Crippen LogP contribution in [0.15, 0.2) is 54.6 Å². The number of nitrogens with zero attached hydrogens (tertiary/aromatic N) is 3. The minimum atomic E-state index is -0.273. The normalized spacial score (nSPS) is 10.4. The average Bonchev–Trinajstić information content (AvgIpc) is 2.63. The van der Waals surface area contributed by atoms with E-state index in [1.807, 2.05) is 81.4 Å². The number of aromatic nitrogens is 2. The highest BCUT2D eigenvalue weighted by atomic mass is 16.1. The Hall–Kier alpha value is -3.41. The molecule has 3 rings (SSSR count). The monoisotopic (exact) mass is 361 g/mol. The van der Waals surface area contributed by atoms with Gasteiger partial charge in [-0.15, -0.1) is 0 Å². The van der Waals surface area contributed by atoms with Gasteiger partial charge in [-0.2, -0.15) is 0 Å². The molecule has 0 atom stereocenters. The lowest BCUT2D eigenvalue weighted by molar-refractivity contribution is 0.102. The summed E-state index contributed by atoms with van der Waals surface area (Å²) in [5.74, 6) is 0.122. The molecular formula is C21H23N5O. The molecule has 0 saturated heterocycles. The Morgan fingerprint density at radius 3 is 2.15 bits per heavy atom. The zero-order chi connectivity index (χ0) is 19.4. The van der Waals surface area contributed by atoms with Gasteiger partial charge in [0.2, 0.25) is 5.95 Å². The predicted molar refractivity (Wildman–Crippen MR) is 110 cm³/mol. The lowest BCUT2D eigenvalue weighted by Crippen LogP contribution is -2.15. The molecule has 0 radical (unpaired) electrons. The summed E-state index contributed by atoms with van der Waals surface area (Å²) in [4.78, 5) is 23.3. The number of hydrogen-bond donors (Lipinski definition) is 2. The van der Waals surface area contributed by atoms with Gasteiger partial charge in [0, 0.05) is 36.9 Å². The molecule has 0 fully saturated rings. The fraction of sp³-hybridized carbons (Fsp3) is 0.190. The van der Waals surface area contributed by atoms with Crippen LogP contribution in [-0.2, 0) is 0 Å². The van der Waals surface area contributed by atoms with Crippen LogP contribution in [-0.4, -0.2) is 30.0 Å². The van der Waals surface area contributed by atoms with Crippen LogP contribution >= 0.6 is 0 Å². The molecule has 27 heavy (non-hydrogen) atoms. The van der Waals surface area contributed by atoms with Crippen LogP contribution in [0, 0.1) is 13.8 Å². The fourth-order valence-corrected chi connectivity index (χ4v) is 2.54. The van der Waals surface area contributed by atoms with Crippen LogP contribution < -0.4 is 15.5 Å². The molecule has 0 aliphatic heterocycles. The van der Waals surface area contributed by atoms with Crippen molar-refractivity contribution in [3.05, 3.63) is 71.5 Å². The van der Waals surface area contributed by atoms with Crippen LogP contribution in [0.3, 0.4) is 0 Å². The van der Waals surface area contributed by atoms with Crippen molar-refractivity contribution in [1.29, 1.82) is 0 Å². The van der Waals surface area contributed by atoms with E-state index in [1.54, 1.807) is 6.07 Å². The van der Waals surface area contributed by atoms with Gasteiger partial charge in [-0.25, -0.2) is 9.97 Å².